The van der Waals surface area contributed by atoms with Crippen LogP contribution < -0.4 is 0 Å². The van der Waals surface area contributed by atoms with Crippen LogP contribution in [-0.2, 0) is 4.79 Å². The minimum Gasteiger partial charge on any atom is -0.481 e. The van der Waals surface area contributed by atoms with Crippen LogP contribution in [0.25, 0.3) is 10.9 Å². The molecule has 5 nitrogen and oxygen atoms in total. The van der Waals surface area contributed by atoms with Crippen LogP contribution in [0, 0.1) is 18.7 Å². The number of amides is 1. The molecular formula is C18H21FN2O3. The number of hydrogen-bond acceptors (Lipinski definition) is 3. The fourth-order valence-electron chi connectivity index (χ4n) is 2.57. The Labute approximate surface area is 140 Å². The van der Waals surface area contributed by atoms with Crippen LogP contribution in [0.15, 0.2) is 24.3 Å². The van der Waals surface area contributed by atoms with E-state index < -0.39 is 5.97 Å². The molecule has 0 aliphatic rings. The number of aryl methyl sites for hydroxylation is 1. The molecule has 2 rings (SSSR count). The summed E-state index contributed by atoms with van der Waals surface area (Å²) in [6.45, 7) is 6.24. The molecule has 6 heteroatoms. The van der Waals surface area contributed by atoms with Crippen LogP contribution in [0.2, 0.25) is 0 Å². The molecule has 0 unspecified atom stereocenters. The molecule has 0 aliphatic heterocycles. The predicted octanol–water partition coefficient (Wildman–Crippen LogP) is 3.26. The van der Waals surface area contributed by atoms with E-state index in [9.17, 15) is 14.0 Å². The Morgan fingerprint density at radius 2 is 2.00 bits per heavy atom. The summed E-state index contributed by atoms with van der Waals surface area (Å²) in [5, 5.41) is 9.56. The van der Waals surface area contributed by atoms with E-state index in [0.29, 0.717) is 28.7 Å². The number of benzene rings is 1. The number of carboxylic acid groups (broad SMARTS) is 1. The Morgan fingerprint density at radius 1 is 1.29 bits per heavy atom. The van der Waals surface area contributed by atoms with Gasteiger partial charge in [0.05, 0.1) is 23.2 Å². The highest BCUT2D eigenvalue weighted by Crippen LogP contribution is 2.19. The van der Waals surface area contributed by atoms with Gasteiger partial charge in [-0.15, -0.1) is 0 Å². The lowest BCUT2D eigenvalue weighted by Gasteiger charge is -2.24. The monoisotopic (exact) mass is 332 g/mol. The van der Waals surface area contributed by atoms with Crippen molar-refractivity contribution in [1.29, 1.82) is 0 Å². The lowest BCUT2D eigenvalue weighted by Crippen LogP contribution is -2.36. The van der Waals surface area contributed by atoms with Gasteiger partial charge in [0.2, 0.25) is 0 Å². The average molecular weight is 332 g/mol. The second kappa shape index (κ2) is 7.38. The first-order valence-corrected chi connectivity index (χ1v) is 7.86. The number of fused-ring (bicyclic) bond motifs is 1. The molecule has 0 atom stereocenters. The SMILES string of the molecule is Cc1nc2cc(F)ccc2cc1C(=O)N(CCC(=O)O)CC(C)C. The molecule has 0 fully saturated rings. The molecule has 0 radical (unpaired) electrons. The minimum atomic E-state index is -0.944. The molecule has 1 N–H and O–H groups in total. The number of aromatic nitrogens is 1. The smallest absolute Gasteiger partial charge is 0.305 e. The molecule has 1 heterocycles. The van der Waals surface area contributed by atoms with E-state index in [1.54, 1.807) is 19.1 Å². The first-order chi connectivity index (χ1) is 11.3. The molecule has 1 aromatic heterocycles. The fraction of sp³-hybridized carbons (Fsp3) is 0.389. The topological polar surface area (TPSA) is 70.5 Å². The van der Waals surface area contributed by atoms with E-state index >= 15 is 0 Å². The third-order valence-corrected chi connectivity index (χ3v) is 3.67. The van der Waals surface area contributed by atoms with E-state index in [-0.39, 0.29) is 30.6 Å². The molecule has 2 aromatic rings. The van der Waals surface area contributed by atoms with Gasteiger partial charge in [-0.2, -0.15) is 0 Å². The van der Waals surface area contributed by atoms with Crippen LogP contribution in [0.3, 0.4) is 0 Å². The molecular weight excluding hydrogens is 311 g/mol. The summed E-state index contributed by atoms with van der Waals surface area (Å²) in [6.07, 6.45) is -0.107. The van der Waals surface area contributed by atoms with Crippen molar-refractivity contribution in [1.82, 2.24) is 9.88 Å². The van der Waals surface area contributed by atoms with Crippen molar-refractivity contribution in [3.8, 4) is 0 Å². The van der Waals surface area contributed by atoms with Gasteiger partial charge in [0.1, 0.15) is 5.82 Å². The van der Waals surface area contributed by atoms with Crippen LogP contribution in [0.1, 0.15) is 36.3 Å². The number of halogens is 1. The highest BCUT2D eigenvalue weighted by atomic mass is 19.1. The van der Waals surface area contributed by atoms with Gasteiger partial charge in [-0.05, 0) is 31.0 Å². The lowest BCUT2D eigenvalue weighted by atomic mass is 10.1. The molecule has 0 bridgehead atoms. The van der Waals surface area contributed by atoms with E-state index in [2.05, 4.69) is 4.98 Å². The number of carbonyl (C=O) groups excluding carboxylic acids is 1. The number of nitrogens with zero attached hydrogens (tertiary/aromatic N) is 2. The Hall–Kier alpha value is -2.50. The zero-order valence-electron chi connectivity index (χ0n) is 14.0. The zero-order valence-corrected chi connectivity index (χ0v) is 14.0. The van der Waals surface area contributed by atoms with Gasteiger partial charge in [0, 0.05) is 24.5 Å². The van der Waals surface area contributed by atoms with Crippen molar-refractivity contribution < 1.29 is 19.1 Å². The normalized spacial score (nSPS) is 11.0. The van der Waals surface area contributed by atoms with Gasteiger partial charge in [0.15, 0.2) is 0 Å². The van der Waals surface area contributed by atoms with Gasteiger partial charge in [-0.3, -0.25) is 14.6 Å². The van der Waals surface area contributed by atoms with Crippen LogP contribution in [0.5, 0.6) is 0 Å². The first kappa shape index (κ1) is 17.8. The molecule has 24 heavy (non-hydrogen) atoms. The predicted molar refractivity (Wildman–Crippen MR) is 89.4 cm³/mol. The summed E-state index contributed by atoms with van der Waals surface area (Å²) in [5.41, 5.74) is 1.41. The zero-order chi connectivity index (χ0) is 17.9. The van der Waals surface area contributed by atoms with E-state index in [1.165, 1.54) is 17.0 Å². The lowest BCUT2D eigenvalue weighted by molar-refractivity contribution is -0.137. The van der Waals surface area contributed by atoms with Gasteiger partial charge < -0.3 is 10.0 Å². The van der Waals surface area contributed by atoms with Crippen molar-refractivity contribution in [2.75, 3.05) is 13.1 Å². The van der Waals surface area contributed by atoms with Gasteiger partial charge >= 0.3 is 5.97 Å². The molecule has 0 aliphatic carbocycles. The highest BCUT2D eigenvalue weighted by Gasteiger charge is 2.20. The van der Waals surface area contributed by atoms with Gasteiger partial charge in [-0.1, -0.05) is 13.8 Å². The van der Waals surface area contributed by atoms with E-state index in [4.69, 9.17) is 5.11 Å². The summed E-state index contributed by atoms with van der Waals surface area (Å²) in [6, 6.07) is 5.92. The Balaban J connectivity index is 2.37. The summed E-state index contributed by atoms with van der Waals surface area (Å²) in [7, 11) is 0. The fourth-order valence-corrected chi connectivity index (χ4v) is 2.57. The summed E-state index contributed by atoms with van der Waals surface area (Å²) in [5.74, 6) is -1.36. The van der Waals surface area contributed by atoms with Crippen LogP contribution in [-0.4, -0.2) is 40.0 Å². The quantitative estimate of drug-likeness (QED) is 0.881. The summed E-state index contributed by atoms with van der Waals surface area (Å²) in [4.78, 5) is 29.5. The molecule has 0 saturated carbocycles. The maximum atomic E-state index is 13.3. The largest absolute Gasteiger partial charge is 0.481 e. The van der Waals surface area contributed by atoms with Gasteiger partial charge in [0.25, 0.3) is 5.91 Å². The Bertz CT molecular complexity index is 774. The number of carbonyl (C=O) groups is 2. The summed E-state index contributed by atoms with van der Waals surface area (Å²) < 4.78 is 13.3. The second-order valence-electron chi connectivity index (χ2n) is 6.25. The molecule has 0 spiro atoms. The average Bonchev–Trinajstić information content (AvgIpc) is 2.49. The van der Waals surface area contributed by atoms with Crippen molar-refractivity contribution >= 4 is 22.8 Å². The number of carboxylic acids is 1. The van der Waals surface area contributed by atoms with Crippen LogP contribution in [0.4, 0.5) is 4.39 Å². The van der Waals surface area contributed by atoms with Crippen molar-refractivity contribution in [2.24, 2.45) is 5.92 Å². The second-order valence-corrected chi connectivity index (χ2v) is 6.25. The maximum Gasteiger partial charge on any atom is 0.305 e. The molecule has 128 valence electrons. The van der Waals surface area contributed by atoms with Crippen molar-refractivity contribution in [3.05, 3.63) is 41.3 Å². The van der Waals surface area contributed by atoms with E-state index in [1.807, 2.05) is 13.8 Å². The van der Waals surface area contributed by atoms with Crippen LogP contribution >= 0.6 is 0 Å². The van der Waals surface area contributed by atoms with Crippen molar-refractivity contribution in [2.45, 2.75) is 27.2 Å². The minimum absolute atomic E-state index is 0.107. The Morgan fingerprint density at radius 3 is 2.62 bits per heavy atom. The highest BCUT2D eigenvalue weighted by molar-refractivity contribution is 5.98. The number of rotatable bonds is 6. The molecule has 0 saturated heterocycles. The maximum absolute atomic E-state index is 13.3. The third-order valence-electron chi connectivity index (χ3n) is 3.67. The van der Waals surface area contributed by atoms with Gasteiger partial charge in [-0.25, -0.2) is 4.39 Å². The number of hydrogen-bond donors (Lipinski definition) is 1. The van der Waals surface area contributed by atoms with E-state index in [0.717, 1.165) is 0 Å². The third kappa shape index (κ3) is 4.28. The molecule has 1 aromatic carbocycles. The first-order valence-electron chi connectivity index (χ1n) is 7.86. The number of aliphatic carboxylic acids is 1. The molecule has 1 amide bonds. The number of pyridine rings is 1. The standard InChI is InChI=1S/C18H21FN2O3/c1-11(2)10-21(7-6-17(22)23)18(24)15-8-13-4-5-14(19)9-16(13)20-12(15)3/h4-5,8-9,11H,6-7,10H2,1-3H3,(H,22,23). The summed E-state index contributed by atoms with van der Waals surface area (Å²) >= 11 is 0. The Kier molecular flexibility index (Phi) is 5.49. The van der Waals surface area contributed by atoms with Crippen molar-refractivity contribution in [3.63, 3.8) is 0 Å².